The summed E-state index contributed by atoms with van der Waals surface area (Å²) >= 11 is 0. The van der Waals surface area contributed by atoms with Crippen molar-refractivity contribution in [3.63, 3.8) is 0 Å². The first-order chi connectivity index (χ1) is 23.3. The van der Waals surface area contributed by atoms with Crippen LogP contribution in [0.3, 0.4) is 0 Å². The molecular formula is C43H27N3O. The van der Waals surface area contributed by atoms with Crippen LogP contribution in [-0.2, 0) is 0 Å². The van der Waals surface area contributed by atoms with Crippen molar-refractivity contribution in [2.75, 3.05) is 0 Å². The Kier molecular flexibility index (Phi) is 6.43. The van der Waals surface area contributed by atoms with Crippen LogP contribution in [0.5, 0.6) is 0 Å². The highest BCUT2D eigenvalue weighted by molar-refractivity contribution is 6.04. The highest BCUT2D eigenvalue weighted by Gasteiger charge is 2.16. The zero-order valence-corrected chi connectivity index (χ0v) is 25.3. The monoisotopic (exact) mass is 601 g/mol. The van der Waals surface area contributed by atoms with E-state index < -0.39 is 0 Å². The van der Waals surface area contributed by atoms with Gasteiger partial charge in [-0.1, -0.05) is 109 Å². The molecule has 0 aliphatic carbocycles. The maximum absolute atomic E-state index is 6.11. The zero-order chi connectivity index (χ0) is 31.2. The number of fused-ring (bicyclic) bond motifs is 4. The van der Waals surface area contributed by atoms with Crippen molar-refractivity contribution in [2.24, 2.45) is 0 Å². The van der Waals surface area contributed by atoms with Crippen LogP contribution in [0.25, 0.3) is 89.0 Å². The van der Waals surface area contributed by atoms with Gasteiger partial charge in [-0.05, 0) is 81.6 Å². The highest BCUT2D eigenvalue weighted by Crippen LogP contribution is 2.38. The Balaban J connectivity index is 1.30. The average molecular weight is 602 g/mol. The highest BCUT2D eigenvalue weighted by atomic mass is 16.3. The average Bonchev–Trinajstić information content (AvgIpc) is 3.53. The Morgan fingerprint density at radius 2 is 1.11 bits per heavy atom. The van der Waals surface area contributed by atoms with Gasteiger partial charge < -0.3 is 4.42 Å². The molecule has 0 radical (unpaired) electrons. The molecule has 3 heterocycles. The van der Waals surface area contributed by atoms with Crippen LogP contribution in [0, 0.1) is 0 Å². The Morgan fingerprint density at radius 3 is 1.96 bits per heavy atom. The summed E-state index contributed by atoms with van der Waals surface area (Å²) in [6.07, 6.45) is 1.81. The van der Waals surface area contributed by atoms with Crippen molar-refractivity contribution < 1.29 is 4.42 Å². The summed E-state index contributed by atoms with van der Waals surface area (Å²) in [5, 5.41) is 3.40. The van der Waals surface area contributed by atoms with Gasteiger partial charge in [-0.15, -0.1) is 0 Å². The number of hydrogen-bond donors (Lipinski definition) is 0. The fourth-order valence-corrected chi connectivity index (χ4v) is 6.42. The van der Waals surface area contributed by atoms with E-state index in [-0.39, 0.29) is 0 Å². The van der Waals surface area contributed by atoms with Crippen LogP contribution in [0.15, 0.2) is 168 Å². The molecule has 4 nitrogen and oxygen atoms in total. The molecule has 9 aromatic rings. The predicted molar refractivity (Wildman–Crippen MR) is 192 cm³/mol. The van der Waals surface area contributed by atoms with Crippen molar-refractivity contribution in [1.29, 1.82) is 0 Å². The molecule has 0 unspecified atom stereocenters. The van der Waals surface area contributed by atoms with Crippen LogP contribution in [-0.4, -0.2) is 15.0 Å². The standard InChI is InChI=1S/C43H27N3O/c1-3-12-29(13-4-1)38-27-39(46-43(45-38)30-14-5-2-6-15-30)34-24-32(23-33(25-34)36-18-9-16-28-11-7-8-17-35(28)36)31-20-21-40-37(26-31)42-41(47-40)19-10-22-44-42/h1-27H. The minimum Gasteiger partial charge on any atom is -0.454 e. The lowest BCUT2D eigenvalue weighted by atomic mass is 9.92. The third kappa shape index (κ3) is 4.93. The Labute approximate surface area is 271 Å². The number of furan rings is 1. The van der Waals surface area contributed by atoms with E-state index in [0.717, 1.165) is 66.8 Å². The Hall–Kier alpha value is -6.39. The fourth-order valence-electron chi connectivity index (χ4n) is 6.42. The molecule has 4 heteroatoms. The molecule has 47 heavy (non-hydrogen) atoms. The van der Waals surface area contributed by atoms with Crippen LogP contribution >= 0.6 is 0 Å². The Bertz CT molecular complexity index is 2510. The van der Waals surface area contributed by atoms with E-state index >= 15 is 0 Å². The van der Waals surface area contributed by atoms with Crippen LogP contribution in [0.4, 0.5) is 0 Å². The van der Waals surface area contributed by atoms with Gasteiger partial charge >= 0.3 is 0 Å². The van der Waals surface area contributed by atoms with Crippen LogP contribution in [0.1, 0.15) is 0 Å². The normalized spacial score (nSPS) is 11.4. The topological polar surface area (TPSA) is 51.8 Å². The van der Waals surface area contributed by atoms with Crippen molar-refractivity contribution in [1.82, 2.24) is 15.0 Å². The molecule has 9 rings (SSSR count). The minimum atomic E-state index is 0.691. The number of aromatic nitrogens is 3. The number of hydrogen-bond acceptors (Lipinski definition) is 4. The van der Waals surface area contributed by atoms with Gasteiger partial charge in [0, 0.05) is 28.3 Å². The van der Waals surface area contributed by atoms with E-state index in [0.29, 0.717) is 5.82 Å². The van der Waals surface area contributed by atoms with Crippen molar-refractivity contribution in [2.45, 2.75) is 0 Å². The molecule has 0 amide bonds. The molecule has 0 aliphatic rings. The Morgan fingerprint density at radius 1 is 0.404 bits per heavy atom. The second kappa shape index (κ2) is 11.2. The SMILES string of the molecule is c1ccc(-c2cc(-c3cc(-c4ccc5oc6cccnc6c5c4)cc(-c4cccc5ccccc45)c3)nc(-c3ccccc3)n2)cc1. The van der Waals surface area contributed by atoms with Crippen molar-refractivity contribution >= 4 is 32.8 Å². The van der Waals surface area contributed by atoms with E-state index in [1.807, 2.05) is 60.8 Å². The smallest absolute Gasteiger partial charge is 0.160 e. The first kappa shape index (κ1) is 27.0. The molecule has 6 aromatic carbocycles. The van der Waals surface area contributed by atoms with Crippen molar-refractivity contribution in [3.8, 4) is 56.2 Å². The fraction of sp³-hybridized carbons (Fsp3) is 0. The summed E-state index contributed by atoms with van der Waals surface area (Å²) in [5.41, 5.74) is 11.7. The molecule has 0 saturated heterocycles. The maximum atomic E-state index is 6.11. The summed E-state index contributed by atoms with van der Waals surface area (Å²) in [6, 6.07) is 54.6. The number of rotatable bonds is 5. The summed E-state index contributed by atoms with van der Waals surface area (Å²) in [7, 11) is 0. The van der Waals surface area contributed by atoms with Gasteiger partial charge in [0.15, 0.2) is 11.4 Å². The van der Waals surface area contributed by atoms with E-state index in [2.05, 4.69) is 108 Å². The number of benzene rings is 6. The van der Waals surface area contributed by atoms with Crippen LogP contribution < -0.4 is 0 Å². The number of nitrogens with zero attached hydrogens (tertiary/aromatic N) is 3. The molecule has 0 N–H and O–H groups in total. The van der Waals surface area contributed by atoms with Gasteiger partial charge in [0.2, 0.25) is 0 Å². The van der Waals surface area contributed by atoms with E-state index in [4.69, 9.17) is 14.4 Å². The second-order valence-electron chi connectivity index (χ2n) is 11.7. The molecule has 3 aromatic heterocycles. The molecule has 0 fully saturated rings. The summed E-state index contributed by atoms with van der Waals surface area (Å²) in [6.45, 7) is 0. The zero-order valence-electron chi connectivity index (χ0n) is 25.3. The van der Waals surface area contributed by atoms with Crippen LogP contribution in [0.2, 0.25) is 0 Å². The molecule has 0 bridgehead atoms. The van der Waals surface area contributed by atoms with Gasteiger partial charge in [-0.25, -0.2) is 9.97 Å². The molecule has 0 saturated carbocycles. The molecular weight excluding hydrogens is 574 g/mol. The van der Waals surface area contributed by atoms with Gasteiger partial charge in [-0.3, -0.25) is 4.98 Å². The largest absolute Gasteiger partial charge is 0.454 e. The quantitative estimate of drug-likeness (QED) is 0.197. The second-order valence-corrected chi connectivity index (χ2v) is 11.7. The third-order valence-corrected chi connectivity index (χ3v) is 8.72. The van der Waals surface area contributed by atoms with E-state index in [1.54, 1.807) is 0 Å². The summed E-state index contributed by atoms with van der Waals surface area (Å²) in [4.78, 5) is 14.8. The number of pyridine rings is 1. The van der Waals surface area contributed by atoms with Gasteiger partial charge in [-0.2, -0.15) is 0 Å². The van der Waals surface area contributed by atoms with Gasteiger partial charge in [0.25, 0.3) is 0 Å². The first-order valence-electron chi connectivity index (χ1n) is 15.7. The molecule has 0 spiro atoms. The van der Waals surface area contributed by atoms with E-state index in [9.17, 15) is 0 Å². The lowest BCUT2D eigenvalue weighted by Gasteiger charge is -2.14. The third-order valence-electron chi connectivity index (χ3n) is 8.72. The summed E-state index contributed by atoms with van der Waals surface area (Å²) in [5.74, 6) is 0.691. The minimum absolute atomic E-state index is 0.691. The molecule has 0 aliphatic heterocycles. The molecule has 0 atom stereocenters. The first-order valence-corrected chi connectivity index (χ1v) is 15.7. The summed E-state index contributed by atoms with van der Waals surface area (Å²) < 4.78 is 6.11. The maximum Gasteiger partial charge on any atom is 0.160 e. The molecule has 220 valence electrons. The van der Waals surface area contributed by atoms with E-state index in [1.165, 1.54) is 16.3 Å². The van der Waals surface area contributed by atoms with Gasteiger partial charge in [0.1, 0.15) is 11.1 Å². The lowest BCUT2D eigenvalue weighted by molar-refractivity contribution is 0.668. The van der Waals surface area contributed by atoms with Gasteiger partial charge in [0.05, 0.1) is 11.4 Å². The predicted octanol–water partition coefficient (Wildman–Crippen LogP) is 11.3. The van der Waals surface area contributed by atoms with Crippen molar-refractivity contribution in [3.05, 3.63) is 164 Å². The lowest BCUT2D eigenvalue weighted by Crippen LogP contribution is -1.96.